The number of rotatable bonds is 4. The predicted molar refractivity (Wildman–Crippen MR) is 111 cm³/mol. The maximum Gasteiger partial charge on any atom is 0.328 e. The molecule has 3 atom stereocenters. The molecule has 154 valence electrons. The number of methoxy groups -OCH3 is 1. The highest BCUT2D eigenvalue weighted by atomic mass is 79.9. The van der Waals surface area contributed by atoms with E-state index in [9.17, 15) is 14.4 Å². The average Bonchev–Trinajstić information content (AvgIpc) is 3.12. The van der Waals surface area contributed by atoms with Crippen LogP contribution in [0.3, 0.4) is 0 Å². The lowest BCUT2D eigenvalue weighted by Gasteiger charge is -2.33. The first kappa shape index (κ1) is 20.1. The second-order valence-corrected chi connectivity index (χ2v) is 8.76. The number of halogens is 1. The summed E-state index contributed by atoms with van der Waals surface area (Å²) in [6.45, 7) is 0.231. The average molecular weight is 462 g/mol. The number of hydrogen-bond donors (Lipinski definition) is 0. The van der Waals surface area contributed by atoms with Crippen molar-refractivity contribution in [1.29, 1.82) is 0 Å². The molecule has 1 saturated heterocycles. The van der Waals surface area contributed by atoms with E-state index in [2.05, 4.69) is 20.9 Å². The molecule has 2 aromatic rings. The molecule has 0 N–H and O–H groups in total. The van der Waals surface area contributed by atoms with Crippen molar-refractivity contribution in [3.8, 4) is 0 Å². The summed E-state index contributed by atoms with van der Waals surface area (Å²) < 4.78 is 7.23. The van der Waals surface area contributed by atoms with Crippen LogP contribution in [0, 0.1) is 5.92 Å². The number of aromatic nitrogens is 2. The summed E-state index contributed by atoms with van der Waals surface area (Å²) in [5.74, 6) is -0.0858. The van der Waals surface area contributed by atoms with Gasteiger partial charge in [0.15, 0.2) is 0 Å². The van der Waals surface area contributed by atoms with E-state index in [0.717, 1.165) is 30.2 Å². The molecule has 29 heavy (non-hydrogen) atoms. The van der Waals surface area contributed by atoms with Crippen molar-refractivity contribution in [2.24, 2.45) is 5.92 Å². The van der Waals surface area contributed by atoms with Gasteiger partial charge >= 0.3 is 5.97 Å². The van der Waals surface area contributed by atoms with Crippen LogP contribution in [0.25, 0.3) is 10.9 Å². The molecule has 1 aliphatic heterocycles. The number of esters is 1. The third kappa shape index (κ3) is 3.82. The molecule has 8 heteroatoms. The Morgan fingerprint density at radius 1 is 1.28 bits per heavy atom. The molecule has 1 amide bonds. The van der Waals surface area contributed by atoms with Gasteiger partial charge in [-0.3, -0.25) is 14.2 Å². The van der Waals surface area contributed by atoms with Crippen molar-refractivity contribution in [3.63, 3.8) is 0 Å². The first-order chi connectivity index (χ1) is 14.0. The molecule has 1 aromatic carbocycles. The monoisotopic (exact) mass is 461 g/mol. The first-order valence-electron chi connectivity index (χ1n) is 10.0. The van der Waals surface area contributed by atoms with Crippen LogP contribution in [-0.2, 0) is 20.9 Å². The van der Waals surface area contributed by atoms with Crippen LogP contribution in [0.2, 0.25) is 0 Å². The number of ether oxygens (including phenoxy) is 1. The van der Waals surface area contributed by atoms with Crippen LogP contribution in [0.1, 0.15) is 38.5 Å². The predicted octanol–water partition coefficient (Wildman–Crippen LogP) is 2.88. The van der Waals surface area contributed by atoms with Gasteiger partial charge in [0, 0.05) is 23.5 Å². The van der Waals surface area contributed by atoms with Gasteiger partial charge < -0.3 is 9.64 Å². The van der Waals surface area contributed by atoms with Crippen molar-refractivity contribution in [2.75, 3.05) is 7.11 Å². The van der Waals surface area contributed by atoms with Gasteiger partial charge in [0.2, 0.25) is 5.91 Å². The van der Waals surface area contributed by atoms with Crippen molar-refractivity contribution in [1.82, 2.24) is 14.5 Å². The molecule has 0 radical (unpaired) electrons. The van der Waals surface area contributed by atoms with Gasteiger partial charge in [0.1, 0.15) is 6.04 Å². The molecule has 3 unspecified atom stereocenters. The second-order valence-electron chi connectivity index (χ2n) is 7.84. The quantitative estimate of drug-likeness (QED) is 0.653. The molecule has 1 aromatic heterocycles. The minimum absolute atomic E-state index is 0.0998. The minimum Gasteiger partial charge on any atom is -0.467 e. The Kier molecular flexibility index (Phi) is 5.72. The van der Waals surface area contributed by atoms with Gasteiger partial charge in [0.05, 0.1) is 24.3 Å². The number of amides is 1. The fraction of sp³-hybridized carbons (Fsp3) is 0.524. The molecule has 7 nitrogen and oxygen atoms in total. The number of nitrogens with zero attached hydrogens (tertiary/aromatic N) is 3. The number of carbonyl (C=O) groups excluding carboxylic acids is 2. The molecule has 1 aliphatic carbocycles. The number of benzene rings is 1. The zero-order chi connectivity index (χ0) is 20.5. The lowest BCUT2D eigenvalue weighted by Crippen LogP contribution is -2.47. The van der Waals surface area contributed by atoms with Crippen molar-refractivity contribution < 1.29 is 14.3 Å². The second kappa shape index (κ2) is 8.26. The van der Waals surface area contributed by atoms with Gasteiger partial charge in [-0.15, -0.1) is 0 Å². The maximum absolute atomic E-state index is 13.1. The van der Waals surface area contributed by atoms with Gasteiger partial charge in [-0.05, 0) is 43.4 Å². The first-order valence-corrected chi connectivity index (χ1v) is 10.8. The summed E-state index contributed by atoms with van der Waals surface area (Å²) in [5.41, 5.74) is 0.446. The Hall–Kier alpha value is -2.22. The van der Waals surface area contributed by atoms with Gasteiger partial charge in [0.25, 0.3) is 5.56 Å². The largest absolute Gasteiger partial charge is 0.467 e. The molecule has 0 spiro atoms. The fourth-order valence-electron chi connectivity index (χ4n) is 4.80. The summed E-state index contributed by atoms with van der Waals surface area (Å²) in [6, 6.07) is 4.95. The topological polar surface area (TPSA) is 81.5 Å². The normalized spacial score (nSPS) is 23.8. The SMILES string of the molecule is COC(=O)C1CC2CCCCC2N1C(=O)CCn1cnc2ccc(Br)cc2c1=O. The van der Waals surface area contributed by atoms with E-state index in [1.165, 1.54) is 18.0 Å². The number of fused-ring (bicyclic) bond motifs is 2. The molecule has 4 rings (SSSR count). The summed E-state index contributed by atoms with van der Waals surface area (Å²) in [4.78, 5) is 44.2. The van der Waals surface area contributed by atoms with E-state index < -0.39 is 6.04 Å². The summed E-state index contributed by atoms with van der Waals surface area (Å²) in [5, 5.41) is 0.510. The van der Waals surface area contributed by atoms with E-state index in [0.29, 0.717) is 23.2 Å². The van der Waals surface area contributed by atoms with Gasteiger partial charge in [-0.1, -0.05) is 28.8 Å². The highest BCUT2D eigenvalue weighted by Gasteiger charge is 2.47. The molecular formula is C21H24BrN3O4. The molecule has 0 bridgehead atoms. The fourth-order valence-corrected chi connectivity index (χ4v) is 5.16. The van der Waals surface area contributed by atoms with Crippen LogP contribution >= 0.6 is 15.9 Å². The Morgan fingerprint density at radius 2 is 2.07 bits per heavy atom. The smallest absolute Gasteiger partial charge is 0.328 e. The maximum atomic E-state index is 13.1. The standard InChI is InChI=1S/C21H24BrN3O4/c1-29-21(28)18-10-13-4-2-3-5-17(13)25(18)19(26)8-9-24-12-23-16-7-6-14(22)11-15(16)20(24)27/h6-7,11-13,17-18H,2-5,8-10H2,1H3. The summed E-state index contributed by atoms with van der Waals surface area (Å²) >= 11 is 3.38. The lowest BCUT2D eigenvalue weighted by atomic mass is 9.84. The molecular weight excluding hydrogens is 438 g/mol. The van der Waals surface area contributed by atoms with E-state index in [1.807, 2.05) is 6.07 Å². The zero-order valence-electron chi connectivity index (χ0n) is 16.3. The highest BCUT2D eigenvalue weighted by molar-refractivity contribution is 9.10. The van der Waals surface area contributed by atoms with E-state index in [1.54, 1.807) is 17.0 Å². The summed E-state index contributed by atoms with van der Waals surface area (Å²) in [6.07, 6.45) is 6.50. The van der Waals surface area contributed by atoms with Crippen LogP contribution in [0.15, 0.2) is 33.8 Å². The van der Waals surface area contributed by atoms with Gasteiger partial charge in [-0.25, -0.2) is 9.78 Å². The molecule has 2 fully saturated rings. The van der Waals surface area contributed by atoms with E-state index in [-0.39, 0.29) is 36.4 Å². The van der Waals surface area contributed by atoms with Crippen LogP contribution in [0.4, 0.5) is 0 Å². The third-order valence-corrected chi connectivity index (χ3v) is 6.70. The Morgan fingerprint density at radius 3 is 2.86 bits per heavy atom. The van der Waals surface area contributed by atoms with Crippen LogP contribution < -0.4 is 5.56 Å². The van der Waals surface area contributed by atoms with E-state index in [4.69, 9.17) is 4.74 Å². The van der Waals surface area contributed by atoms with Crippen molar-refractivity contribution in [2.45, 2.75) is 57.2 Å². The molecule has 2 aliphatic rings. The summed E-state index contributed by atoms with van der Waals surface area (Å²) in [7, 11) is 1.37. The highest BCUT2D eigenvalue weighted by Crippen LogP contribution is 2.40. The van der Waals surface area contributed by atoms with Crippen LogP contribution in [0.5, 0.6) is 0 Å². The Labute approximate surface area is 177 Å². The van der Waals surface area contributed by atoms with Gasteiger partial charge in [-0.2, -0.15) is 0 Å². The number of hydrogen-bond acceptors (Lipinski definition) is 5. The number of likely N-dealkylation sites (tertiary alicyclic amines) is 1. The minimum atomic E-state index is -0.511. The zero-order valence-corrected chi connectivity index (χ0v) is 17.9. The number of carbonyl (C=O) groups is 2. The van der Waals surface area contributed by atoms with Crippen molar-refractivity contribution in [3.05, 3.63) is 39.4 Å². The van der Waals surface area contributed by atoms with Crippen LogP contribution in [-0.4, -0.2) is 45.5 Å². The molecule has 1 saturated carbocycles. The Balaban J connectivity index is 1.54. The lowest BCUT2D eigenvalue weighted by molar-refractivity contribution is -0.152. The number of aryl methyl sites for hydroxylation is 1. The van der Waals surface area contributed by atoms with E-state index >= 15 is 0 Å². The third-order valence-electron chi connectivity index (χ3n) is 6.20. The van der Waals surface area contributed by atoms with Crippen molar-refractivity contribution >= 4 is 38.7 Å². The Bertz CT molecular complexity index is 1010. The molecule has 2 heterocycles.